The molecule has 0 bridgehead atoms. The number of halogens is 1. The maximum absolute atomic E-state index is 13.2. The van der Waals surface area contributed by atoms with E-state index in [9.17, 15) is 9.47 Å². The van der Waals surface area contributed by atoms with Gasteiger partial charge in [-0.05, 0) is 95.1 Å². The van der Waals surface area contributed by atoms with Crippen LogP contribution in [0.1, 0.15) is 65.7 Å². The van der Waals surface area contributed by atoms with E-state index >= 15 is 0 Å². The first-order valence-electron chi connectivity index (χ1n) is 12.0. The van der Waals surface area contributed by atoms with Gasteiger partial charge in [0.1, 0.15) is 11.4 Å². The van der Waals surface area contributed by atoms with Crippen LogP contribution in [0.2, 0.25) is 5.02 Å². The zero-order valence-electron chi connectivity index (χ0n) is 21.0. The van der Waals surface area contributed by atoms with Gasteiger partial charge in [-0.1, -0.05) is 49.7 Å². The zero-order valence-corrected chi connectivity index (χ0v) is 22.6. The van der Waals surface area contributed by atoms with Crippen molar-refractivity contribution in [2.45, 2.75) is 52.6 Å². The molecule has 0 saturated carbocycles. The van der Waals surface area contributed by atoms with Crippen LogP contribution in [0.5, 0.6) is 5.75 Å². The monoisotopic (exact) mass is 527 g/mol. The van der Waals surface area contributed by atoms with Gasteiger partial charge in [0, 0.05) is 11.4 Å². The summed E-state index contributed by atoms with van der Waals surface area (Å²) in [7, 11) is -3.42. The first-order chi connectivity index (χ1) is 17.2. The number of benzene rings is 3. The van der Waals surface area contributed by atoms with Crippen molar-refractivity contribution in [3.8, 4) is 5.75 Å². The molecule has 8 heteroatoms. The zero-order chi connectivity index (χ0) is 25.9. The number of rotatable bonds is 8. The molecule has 1 fully saturated rings. The molecule has 2 atom stereocenters. The Morgan fingerprint density at radius 1 is 1.08 bits per heavy atom. The summed E-state index contributed by atoms with van der Waals surface area (Å²) >= 11 is 5.98. The highest BCUT2D eigenvalue weighted by Crippen LogP contribution is 2.56. The molecule has 0 radical (unpaired) electrons. The van der Waals surface area contributed by atoms with Gasteiger partial charge in [0.05, 0.1) is 12.7 Å². The Labute approximate surface area is 217 Å². The second-order valence-electron chi connectivity index (χ2n) is 9.50. The molecule has 3 aromatic rings. The third-order valence-corrected chi connectivity index (χ3v) is 8.30. The first-order valence-corrected chi connectivity index (χ1v) is 14.1. The normalized spacial score (nSPS) is 19.9. The van der Waals surface area contributed by atoms with E-state index in [0.29, 0.717) is 29.5 Å². The molecule has 3 aromatic carbocycles. The van der Waals surface area contributed by atoms with Gasteiger partial charge in [0.25, 0.3) is 0 Å². The Kier molecular flexibility index (Phi) is 8.31. The van der Waals surface area contributed by atoms with E-state index in [1.807, 2.05) is 44.2 Å². The summed E-state index contributed by atoms with van der Waals surface area (Å²) in [5.74, 6) is 0.829. The molecule has 0 spiro atoms. The van der Waals surface area contributed by atoms with Crippen molar-refractivity contribution in [3.63, 3.8) is 0 Å². The van der Waals surface area contributed by atoms with E-state index in [-0.39, 0.29) is 18.4 Å². The van der Waals surface area contributed by atoms with Gasteiger partial charge in [0.2, 0.25) is 0 Å². The number of ether oxygens (including phenoxy) is 1. The number of nitroso groups, excluding NO2 is 1. The van der Waals surface area contributed by atoms with E-state index in [2.05, 4.69) is 25.1 Å². The Balaban J connectivity index is 1.45. The fraction of sp³-hybridized carbons (Fsp3) is 0.357. The number of hydrogen-bond acceptors (Lipinski definition) is 6. The Hall–Kier alpha value is -2.50. The molecule has 4 rings (SSSR count). The van der Waals surface area contributed by atoms with Crippen molar-refractivity contribution < 1.29 is 18.3 Å². The van der Waals surface area contributed by atoms with E-state index in [0.717, 1.165) is 34.2 Å². The second-order valence-corrected chi connectivity index (χ2v) is 11.9. The van der Waals surface area contributed by atoms with E-state index < -0.39 is 7.60 Å². The van der Waals surface area contributed by atoms with Gasteiger partial charge in [-0.3, -0.25) is 9.09 Å². The lowest BCUT2D eigenvalue weighted by Gasteiger charge is -2.30. The fourth-order valence-corrected chi connectivity index (χ4v) is 6.11. The van der Waals surface area contributed by atoms with Crippen molar-refractivity contribution >= 4 is 24.9 Å². The van der Waals surface area contributed by atoms with Crippen LogP contribution >= 0.6 is 19.2 Å². The van der Waals surface area contributed by atoms with E-state index in [1.165, 1.54) is 5.56 Å². The van der Waals surface area contributed by atoms with Crippen molar-refractivity contribution in [2.75, 3.05) is 13.0 Å². The minimum atomic E-state index is -3.42. The summed E-state index contributed by atoms with van der Waals surface area (Å²) in [4.78, 5) is 11.1. The lowest BCUT2D eigenvalue weighted by Crippen LogP contribution is -2.17. The summed E-state index contributed by atoms with van der Waals surface area (Å²) in [5, 5.41) is 3.80. The molecule has 6 nitrogen and oxygen atoms in total. The molecule has 1 aliphatic heterocycles. The Bertz CT molecular complexity index is 1270. The van der Waals surface area contributed by atoms with E-state index in [1.54, 1.807) is 18.2 Å². The van der Waals surface area contributed by atoms with Crippen LogP contribution in [0, 0.1) is 18.8 Å². The molecule has 190 valence electrons. The minimum Gasteiger partial charge on any atom is -0.481 e. The molecule has 1 unspecified atom stereocenters. The predicted molar refractivity (Wildman–Crippen MR) is 144 cm³/mol. The summed E-state index contributed by atoms with van der Waals surface area (Å²) in [6, 6.07) is 17.0. The molecular formula is C28H31ClNO5P. The highest BCUT2D eigenvalue weighted by atomic mass is 35.5. The molecular weight excluding hydrogens is 497 g/mol. The van der Waals surface area contributed by atoms with Gasteiger partial charge >= 0.3 is 7.60 Å². The summed E-state index contributed by atoms with van der Waals surface area (Å²) < 4.78 is 30.6. The van der Waals surface area contributed by atoms with Crippen LogP contribution in [0.15, 0.2) is 59.8 Å². The number of aryl methyl sites for hydroxylation is 2. The third kappa shape index (κ3) is 6.24. The van der Waals surface area contributed by atoms with Crippen LogP contribution in [-0.4, -0.2) is 13.0 Å². The van der Waals surface area contributed by atoms with Crippen LogP contribution in [-0.2, 0) is 20.0 Å². The van der Waals surface area contributed by atoms with Crippen molar-refractivity contribution in [3.05, 3.63) is 97.9 Å². The molecule has 1 aliphatic rings. The third-order valence-electron chi connectivity index (χ3n) is 6.45. The van der Waals surface area contributed by atoms with Crippen LogP contribution in [0.25, 0.3) is 0 Å². The van der Waals surface area contributed by atoms with Crippen molar-refractivity contribution in [1.29, 1.82) is 0 Å². The summed E-state index contributed by atoms with van der Waals surface area (Å²) in [5.41, 5.74) is 6.79. The largest absolute Gasteiger partial charge is 0.481 e. The summed E-state index contributed by atoms with van der Waals surface area (Å²) in [6.07, 6.45) is 0.853. The smallest absolute Gasteiger partial charge is 0.368 e. The molecule has 0 aromatic heterocycles. The molecule has 0 amide bonds. The minimum absolute atomic E-state index is 0.160. The average Bonchev–Trinajstić information content (AvgIpc) is 2.85. The fourth-order valence-electron chi connectivity index (χ4n) is 4.48. The average molecular weight is 528 g/mol. The number of nitrogens with zero attached hydrogens (tertiary/aromatic N) is 1. The highest BCUT2D eigenvalue weighted by molar-refractivity contribution is 7.53. The maximum Gasteiger partial charge on any atom is 0.368 e. The van der Waals surface area contributed by atoms with Gasteiger partial charge in [0.15, 0.2) is 6.35 Å². The van der Waals surface area contributed by atoms with Crippen LogP contribution < -0.4 is 4.74 Å². The lowest BCUT2D eigenvalue weighted by atomic mass is 9.92. The first kappa shape index (κ1) is 26.6. The molecule has 0 N–H and O–H groups in total. The van der Waals surface area contributed by atoms with Crippen molar-refractivity contribution in [1.82, 2.24) is 0 Å². The van der Waals surface area contributed by atoms with Gasteiger partial charge in [-0.15, -0.1) is 4.91 Å². The van der Waals surface area contributed by atoms with Gasteiger partial charge in [-0.25, -0.2) is 0 Å². The Morgan fingerprint density at radius 2 is 1.78 bits per heavy atom. The van der Waals surface area contributed by atoms with Gasteiger partial charge < -0.3 is 9.26 Å². The predicted octanol–water partition coefficient (Wildman–Crippen LogP) is 8.78. The standard InChI is InChI=1S/C28H31ClNO5P/c1-18(2)25-15-21(5-10-27(25)30-31)16-26-19(3)13-24(14-20(26)4)33-17-36(32)34-12-11-28(35-36)22-6-8-23(29)9-7-22/h5-10,13-15,18,28H,11-12,16-17H2,1-4H3/t28-,36?/m0/s1. The lowest BCUT2D eigenvalue weighted by molar-refractivity contribution is 0.0725. The van der Waals surface area contributed by atoms with Gasteiger partial charge in [-0.2, -0.15) is 0 Å². The molecule has 36 heavy (non-hydrogen) atoms. The Morgan fingerprint density at radius 3 is 2.42 bits per heavy atom. The van der Waals surface area contributed by atoms with Crippen LogP contribution in [0.3, 0.4) is 0 Å². The van der Waals surface area contributed by atoms with Crippen LogP contribution in [0.4, 0.5) is 5.69 Å². The highest BCUT2D eigenvalue weighted by Gasteiger charge is 2.35. The quantitative estimate of drug-likeness (QED) is 0.216. The van der Waals surface area contributed by atoms with Crippen molar-refractivity contribution in [2.24, 2.45) is 5.18 Å². The number of hydrogen-bond donors (Lipinski definition) is 0. The second kappa shape index (κ2) is 11.3. The van der Waals surface area contributed by atoms with E-state index in [4.69, 9.17) is 25.4 Å². The molecule has 1 heterocycles. The topological polar surface area (TPSA) is 74.2 Å². The summed E-state index contributed by atoms with van der Waals surface area (Å²) in [6.45, 7) is 8.51. The SMILES string of the molecule is Cc1cc(OCP2(=O)OCC[C@@H](c3ccc(Cl)cc3)O2)cc(C)c1Cc1ccc(N=O)c(C(C)C)c1. The maximum atomic E-state index is 13.2. The molecule has 0 aliphatic carbocycles. The molecule has 1 saturated heterocycles.